The number of piperidine rings is 2. The molecule has 1 atom stereocenters. The van der Waals surface area contributed by atoms with Crippen molar-refractivity contribution in [3.8, 4) is 0 Å². The molecule has 2 aromatic rings. The van der Waals surface area contributed by atoms with E-state index in [0.29, 0.717) is 5.46 Å². The van der Waals surface area contributed by atoms with Crippen molar-refractivity contribution in [2.45, 2.75) is 25.8 Å². The van der Waals surface area contributed by atoms with Gasteiger partial charge in [-0.3, -0.25) is 0 Å². The van der Waals surface area contributed by atoms with E-state index in [1.807, 2.05) is 22.7 Å². The number of hydrogen-bond donors (Lipinski definition) is 2. The summed E-state index contributed by atoms with van der Waals surface area (Å²) in [6.45, 7) is 4.39. The summed E-state index contributed by atoms with van der Waals surface area (Å²) in [5.41, 5.74) is 9.13. The van der Waals surface area contributed by atoms with Crippen LogP contribution in [0.5, 0.6) is 0 Å². The summed E-state index contributed by atoms with van der Waals surface area (Å²) >= 11 is 0. The monoisotopic (exact) mass is 537 g/mol. The van der Waals surface area contributed by atoms with Gasteiger partial charge in [0.2, 0.25) is 0 Å². The van der Waals surface area contributed by atoms with Gasteiger partial charge in [-0.05, 0) is 43.8 Å². The van der Waals surface area contributed by atoms with Crippen LogP contribution in [0, 0.1) is 42.9 Å². The molecule has 2 aromatic heterocycles. The molecule has 0 amide bonds. The number of imidazole rings is 1. The molecule has 1 aliphatic carbocycles. The number of pyridine rings is 1. The van der Waals surface area contributed by atoms with Crippen molar-refractivity contribution in [3.05, 3.63) is 36.1 Å². The number of aromatic nitrogens is 2. The van der Waals surface area contributed by atoms with Gasteiger partial charge >= 0.3 is 0 Å². The van der Waals surface area contributed by atoms with Gasteiger partial charge in [0.15, 0.2) is 0 Å². The molecule has 4 heterocycles. The molecular weight excluding hydrogens is 513 g/mol. The first-order chi connectivity index (χ1) is 10.6. The molecule has 2 aliphatic heterocycles. The van der Waals surface area contributed by atoms with Gasteiger partial charge in [0.25, 0.3) is 0 Å². The van der Waals surface area contributed by atoms with Crippen molar-refractivity contribution in [1.82, 2.24) is 14.7 Å². The van der Waals surface area contributed by atoms with Gasteiger partial charge in [0.1, 0.15) is 7.85 Å². The third kappa shape index (κ3) is 5.08. The van der Waals surface area contributed by atoms with Gasteiger partial charge in [-0.15, -0.1) is 0 Å². The van der Waals surface area contributed by atoms with Gasteiger partial charge in [-0.1, -0.05) is 24.5 Å². The first-order valence-electron chi connectivity index (χ1n) is 7.73. The summed E-state index contributed by atoms with van der Waals surface area (Å²) < 4.78 is 1.85. The molecule has 7 heteroatoms. The van der Waals surface area contributed by atoms with Crippen molar-refractivity contribution in [3.63, 3.8) is 0 Å². The number of aliphatic hydroxyl groups is 1. The standard InChI is InChI=1S/C9H9BN3.C6H11N.CH4O.U/c1-6(11)9-12-5-8-7(10)3-2-4-13(8)9;1-5-2-6(1)4-7-3-5;1-2;/h2-6,11H,1H3;5-7H,1-4H2;2H,1H3;/q-1;;;. The molecule has 5 rings (SSSR count). The second kappa shape index (κ2) is 9.86. The van der Waals surface area contributed by atoms with E-state index in [2.05, 4.69) is 10.3 Å². The van der Waals surface area contributed by atoms with E-state index >= 15 is 0 Å². The predicted molar refractivity (Wildman–Crippen MR) is 90.5 cm³/mol. The Kier molecular flexibility index (Phi) is 8.88. The molecular formula is C16H24BN4OU-. The van der Waals surface area contributed by atoms with Crippen LogP contribution in [0.2, 0.25) is 0 Å². The Labute approximate surface area is 163 Å². The maximum atomic E-state index is 7.56. The second-order valence-electron chi connectivity index (χ2n) is 5.92. The van der Waals surface area contributed by atoms with Crippen molar-refractivity contribution in [2.75, 3.05) is 20.2 Å². The van der Waals surface area contributed by atoms with Gasteiger partial charge in [-0.25, -0.2) is 4.98 Å². The van der Waals surface area contributed by atoms with Gasteiger partial charge in [-0.2, -0.15) is 0 Å². The Morgan fingerprint density at radius 2 is 1.96 bits per heavy atom. The summed E-state index contributed by atoms with van der Waals surface area (Å²) in [5, 5.41) is 10.4. The molecule has 1 saturated carbocycles. The first kappa shape index (κ1) is 20.7. The fraction of sp³-hybridized carbons (Fsp3) is 0.562. The van der Waals surface area contributed by atoms with Gasteiger partial charge in [0, 0.05) is 44.4 Å². The largest absolute Gasteiger partial charge is 0.669 e. The fourth-order valence-corrected chi connectivity index (χ4v) is 3.08. The summed E-state index contributed by atoms with van der Waals surface area (Å²) in [6.07, 6.45) is 6.62. The maximum absolute atomic E-state index is 7.56. The average molecular weight is 537 g/mol. The quantitative estimate of drug-likeness (QED) is 0.542. The van der Waals surface area contributed by atoms with E-state index in [0.717, 1.165) is 30.3 Å². The van der Waals surface area contributed by atoms with Crippen LogP contribution in [0.4, 0.5) is 0 Å². The van der Waals surface area contributed by atoms with Crippen LogP contribution in [-0.2, 0) is 0 Å². The maximum Gasteiger partial charge on any atom is 0.116 e. The zero-order valence-electron chi connectivity index (χ0n) is 13.8. The van der Waals surface area contributed by atoms with E-state index in [9.17, 15) is 0 Å². The number of nitrogens with one attached hydrogen (secondary N) is 2. The number of fused-ring (bicyclic) bond motifs is 3. The molecule has 2 saturated heterocycles. The predicted octanol–water partition coefficient (Wildman–Crippen LogP) is 1.47. The minimum Gasteiger partial charge on any atom is -0.669 e. The molecule has 3 fully saturated rings. The fourth-order valence-electron chi connectivity index (χ4n) is 3.08. The Morgan fingerprint density at radius 3 is 2.39 bits per heavy atom. The molecule has 3 aliphatic rings. The molecule has 1 unspecified atom stereocenters. The SMILES string of the molecule is C1NCC2CC1C2.CO.[B]c1cccn2c(C(C)[NH-])ncc12.[U]. The van der Waals surface area contributed by atoms with Crippen LogP contribution in [0.25, 0.3) is 11.3 Å². The molecule has 0 spiro atoms. The topological polar surface area (TPSA) is 73.4 Å². The first-order valence-corrected chi connectivity index (χ1v) is 7.73. The van der Waals surface area contributed by atoms with Crippen LogP contribution >= 0.6 is 0 Å². The third-order valence-corrected chi connectivity index (χ3v) is 4.22. The van der Waals surface area contributed by atoms with E-state index in [-0.39, 0.29) is 37.2 Å². The summed E-state index contributed by atoms with van der Waals surface area (Å²) in [6, 6.07) is 3.36. The number of rotatable bonds is 1. The van der Waals surface area contributed by atoms with Crippen LogP contribution in [-0.4, -0.2) is 42.5 Å². The van der Waals surface area contributed by atoms with E-state index < -0.39 is 0 Å². The van der Waals surface area contributed by atoms with Crippen LogP contribution in [0.3, 0.4) is 0 Å². The summed E-state index contributed by atoms with van der Waals surface area (Å²) in [7, 11) is 6.75. The van der Waals surface area contributed by atoms with Crippen LogP contribution in [0.15, 0.2) is 24.5 Å². The van der Waals surface area contributed by atoms with Crippen molar-refractivity contribution < 1.29 is 36.2 Å². The molecule has 122 valence electrons. The van der Waals surface area contributed by atoms with E-state index in [4.69, 9.17) is 18.7 Å². The van der Waals surface area contributed by atoms with E-state index in [1.165, 1.54) is 25.9 Å². The minimum atomic E-state index is -0.329. The zero-order valence-corrected chi connectivity index (χ0v) is 18.0. The second-order valence-corrected chi connectivity index (χ2v) is 5.92. The Hall–Kier alpha value is -0.313. The molecule has 0 aromatic carbocycles. The Balaban J connectivity index is 0.000000224. The van der Waals surface area contributed by atoms with Crippen LogP contribution in [0.1, 0.15) is 31.6 Å². The smallest absolute Gasteiger partial charge is 0.116 e. The van der Waals surface area contributed by atoms with Crippen LogP contribution < -0.4 is 10.8 Å². The molecule has 23 heavy (non-hydrogen) atoms. The Morgan fingerprint density at radius 1 is 1.35 bits per heavy atom. The van der Waals surface area contributed by atoms with E-state index in [1.54, 1.807) is 13.1 Å². The van der Waals surface area contributed by atoms with Crippen molar-refractivity contribution >= 4 is 18.8 Å². The molecule has 5 nitrogen and oxygen atoms in total. The van der Waals surface area contributed by atoms with Crippen molar-refractivity contribution in [2.24, 2.45) is 11.8 Å². The number of hydrogen-bond acceptors (Lipinski definition) is 3. The van der Waals surface area contributed by atoms with Gasteiger partial charge in [0.05, 0.1) is 17.5 Å². The third-order valence-electron chi connectivity index (χ3n) is 4.22. The molecule has 3 N–H and O–H groups in total. The molecule has 2 radical (unpaired) electrons. The average Bonchev–Trinajstić information content (AvgIpc) is 2.96. The zero-order chi connectivity index (χ0) is 16.1. The normalized spacial score (nSPS) is 22.4. The summed E-state index contributed by atoms with van der Waals surface area (Å²) in [5.74, 6) is 2.86. The number of aliphatic hydroxyl groups excluding tert-OH is 1. The van der Waals surface area contributed by atoms with Gasteiger partial charge < -0.3 is 20.6 Å². The molecule has 2 bridgehead atoms. The van der Waals surface area contributed by atoms with Crippen molar-refractivity contribution in [1.29, 1.82) is 0 Å². The summed E-state index contributed by atoms with van der Waals surface area (Å²) in [4.78, 5) is 4.15. The minimum absolute atomic E-state index is 0. The number of nitrogens with zero attached hydrogens (tertiary/aromatic N) is 2. The Bertz CT molecular complexity index is 585.